The fourth-order valence-corrected chi connectivity index (χ4v) is 8.82. The van der Waals surface area contributed by atoms with E-state index in [1.807, 2.05) is 0 Å². The molecule has 0 fully saturated rings. The Balaban J connectivity index is 0. The molecule has 0 aromatic rings. The minimum Gasteiger partial charge on any atom is -0.0654 e. The van der Waals surface area contributed by atoms with Crippen molar-refractivity contribution in [3.8, 4) is 0 Å². The largest absolute Gasteiger partial charge is 0.0654 e. The van der Waals surface area contributed by atoms with Gasteiger partial charge in [-0.15, -0.1) is 0 Å². The van der Waals surface area contributed by atoms with Crippen molar-refractivity contribution in [2.24, 2.45) is 44.3 Å². The van der Waals surface area contributed by atoms with Crippen LogP contribution in [0, 0.1) is 44.3 Å². The molecule has 250 valence electrons. The highest BCUT2D eigenvalue weighted by Crippen LogP contribution is 2.61. The monoisotopic (exact) mass is 579 g/mol. The molecule has 5 atom stereocenters. The highest BCUT2D eigenvalue weighted by molar-refractivity contribution is 5.01. The molecule has 5 unspecified atom stereocenters. The van der Waals surface area contributed by atoms with Crippen LogP contribution in [0.15, 0.2) is 0 Å². The summed E-state index contributed by atoms with van der Waals surface area (Å²) in [6.45, 7) is 44.2. The van der Waals surface area contributed by atoms with Crippen molar-refractivity contribution in [2.75, 3.05) is 0 Å². The topological polar surface area (TPSA) is 0 Å². The number of hydrogen-bond acceptors (Lipinski definition) is 0. The van der Waals surface area contributed by atoms with Gasteiger partial charge in [0.05, 0.1) is 0 Å². The van der Waals surface area contributed by atoms with E-state index in [0.29, 0.717) is 32.5 Å². The predicted octanol–water partition coefficient (Wildman–Crippen LogP) is 15.3. The van der Waals surface area contributed by atoms with Crippen molar-refractivity contribution >= 4 is 0 Å². The third-order valence-corrected chi connectivity index (χ3v) is 13.6. The first-order chi connectivity index (χ1) is 18.7. The summed E-state index contributed by atoms with van der Waals surface area (Å²) in [6, 6.07) is 0. The van der Waals surface area contributed by atoms with Gasteiger partial charge in [-0.2, -0.15) is 0 Å². The Morgan fingerprint density at radius 3 is 0.976 bits per heavy atom. The maximum Gasteiger partial charge on any atom is -0.0221 e. The molecule has 0 spiro atoms. The summed E-state index contributed by atoms with van der Waals surface area (Å²) in [4.78, 5) is 0. The lowest BCUT2D eigenvalue weighted by molar-refractivity contribution is -0.0719. The lowest BCUT2D eigenvalue weighted by atomic mass is 9.48. The standard InChI is InChI=1S/C21H44.C20H42/c1-10-15-19(6,7)21(9,17-14-18(5)12-3)20(8,13-4)16-11-2;1-10-14-18(6,7)20(9,16-13-17(4)5)19(8,12-3)15-11-2/h18H,10-17H2,1-9H3;17H,10-16H2,1-9H3. The second-order valence-corrected chi connectivity index (χ2v) is 17.2. The van der Waals surface area contributed by atoms with E-state index in [0.717, 1.165) is 11.8 Å². The fourth-order valence-electron chi connectivity index (χ4n) is 8.82. The van der Waals surface area contributed by atoms with E-state index in [1.165, 1.54) is 96.3 Å². The van der Waals surface area contributed by atoms with Crippen LogP contribution in [0.25, 0.3) is 0 Å². The summed E-state index contributed by atoms with van der Waals surface area (Å²) < 4.78 is 0. The van der Waals surface area contributed by atoms with Crippen molar-refractivity contribution < 1.29 is 0 Å². The molecule has 0 bridgehead atoms. The van der Waals surface area contributed by atoms with Crippen LogP contribution < -0.4 is 0 Å². The summed E-state index contributed by atoms with van der Waals surface area (Å²) in [5.74, 6) is 1.68. The summed E-state index contributed by atoms with van der Waals surface area (Å²) in [5.41, 5.74) is 2.66. The van der Waals surface area contributed by atoms with Crippen molar-refractivity contribution in [3.63, 3.8) is 0 Å². The van der Waals surface area contributed by atoms with Crippen LogP contribution in [-0.2, 0) is 0 Å². The van der Waals surface area contributed by atoms with Gasteiger partial charge < -0.3 is 0 Å². The zero-order chi connectivity index (χ0) is 32.8. The quantitative estimate of drug-likeness (QED) is 0.127. The van der Waals surface area contributed by atoms with Crippen molar-refractivity contribution in [2.45, 2.75) is 221 Å². The first-order valence-electron chi connectivity index (χ1n) is 18.7. The van der Waals surface area contributed by atoms with Gasteiger partial charge in [0.25, 0.3) is 0 Å². The summed E-state index contributed by atoms with van der Waals surface area (Å²) in [5, 5.41) is 0. The van der Waals surface area contributed by atoms with E-state index < -0.39 is 0 Å². The van der Waals surface area contributed by atoms with Gasteiger partial charge in [-0.05, 0) is 82.9 Å². The molecule has 0 aliphatic heterocycles. The van der Waals surface area contributed by atoms with Crippen LogP contribution in [0.5, 0.6) is 0 Å². The van der Waals surface area contributed by atoms with Crippen molar-refractivity contribution in [3.05, 3.63) is 0 Å². The zero-order valence-corrected chi connectivity index (χ0v) is 32.8. The molecular formula is C41H86. The van der Waals surface area contributed by atoms with Crippen LogP contribution in [-0.4, -0.2) is 0 Å². The second-order valence-electron chi connectivity index (χ2n) is 17.2. The molecule has 0 aromatic carbocycles. The molecule has 0 radical (unpaired) electrons. The summed E-state index contributed by atoms with van der Waals surface area (Å²) in [6.07, 6.45) is 20.1. The predicted molar refractivity (Wildman–Crippen MR) is 193 cm³/mol. The van der Waals surface area contributed by atoms with E-state index in [2.05, 4.69) is 125 Å². The Kier molecular flexibility index (Phi) is 19.7. The maximum atomic E-state index is 2.62. The highest BCUT2D eigenvalue weighted by Gasteiger charge is 2.52. The van der Waals surface area contributed by atoms with E-state index in [4.69, 9.17) is 0 Å². The van der Waals surface area contributed by atoms with Gasteiger partial charge in [0.2, 0.25) is 0 Å². The Bertz CT molecular complexity index is 655. The molecule has 0 N–H and O–H groups in total. The van der Waals surface area contributed by atoms with Gasteiger partial charge in [0.15, 0.2) is 0 Å². The van der Waals surface area contributed by atoms with E-state index in [-0.39, 0.29) is 0 Å². The third kappa shape index (κ3) is 11.1. The SMILES string of the molecule is CCCC(C)(C)C(C)(CCC(C)C)C(C)(CC)CCC.CCCC(C)(C)C(C)(CCC(C)CC)C(C)(CC)CCC. The van der Waals surface area contributed by atoms with E-state index in [9.17, 15) is 0 Å². The summed E-state index contributed by atoms with van der Waals surface area (Å²) in [7, 11) is 0. The highest BCUT2D eigenvalue weighted by atomic mass is 14.6. The van der Waals surface area contributed by atoms with Crippen LogP contribution in [0.2, 0.25) is 0 Å². The Hall–Kier alpha value is 0. The molecule has 0 nitrogen and oxygen atoms in total. The molecule has 0 aromatic heterocycles. The molecular weight excluding hydrogens is 492 g/mol. The zero-order valence-electron chi connectivity index (χ0n) is 32.8. The van der Waals surface area contributed by atoms with Crippen LogP contribution in [0.1, 0.15) is 221 Å². The molecule has 0 saturated carbocycles. The van der Waals surface area contributed by atoms with Crippen molar-refractivity contribution in [1.29, 1.82) is 0 Å². The minimum atomic E-state index is 0.426. The average Bonchev–Trinajstić information content (AvgIpc) is 2.89. The summed E-state index contributed by atoms with van der Waals surface area (Å²) >= 11 is 0. The molecule has 41 heavy (non-hydrogen) atoms. The Morgan fingerprint density at radius 1 is 0.415 bits per heavy atom. The number of hydrogen-bond donors (Lipinski definition) is 0. The van der Waals surface area contributed by atoms with Gasteiger partial charge in [0, 0.05) is 0 Å². The van der Waals surface area contributed by atoms with Crippen LogP contribution in [0.4, 0.5) is 0 Å². The van der Waals surface area contributed by atoms with Gasteiger partial charge in [-0.25, -0.2) is 0 Å². The first kappa shape index (κ1) is 43.1. The molecule has 0 aliphatic carbocycles. The maximum absolute atomic E-state index is 2.62. The van der Waals surface area contributed by atoms with E-state index >= 15 is 0 Å². The lowest BCUT2D eigenvalue weighted by Crippen LogP contribution is -2.48. The molecule has 0 heteroatoms. The average molecular weight is 579 g/mol. The Morgan fingerprint density at radius 2 is 0.732 bits per heavy atom. The number of rotatable bonds is 21. The molecule has 0 rings (SSSR count). The molecule has 0 amide bonds. The first-order valence-corrected chi connectivity index (χ1v) is 18.7. The molecule has 0 saturated heterocycles. The van der Waals surface area contributed by atoms with Crippen molar-refractivity contribution in [1.82, 2.24) is 0 Å². The van der Waals surface area contributed by atoms with Gasteiger partial charge in [0.1, 0.15) is 0 Å². The third-order valence-electron chi connectivity index (χ3n) is 13.6. The smallest absolute Gasteiger partial charge is 0.0221 e. The minimum absolute atomic E-state index is 0.426. The normalized spacial score (nSPS) is 19.4. The van der Waals surface area contributed by atoms with Gasteiger partial charge in [-0.1, -0.05) is 182 Å². The van der Waals surface area contributed by atoms with Gasteiger partial charge in [-0.3, -0.25) is 0 Å². The fraction of sp³-hybridized carbons (Fsp3) is 1.00. The molecule has 0 aliphatic rings. The van der Waals surface area contributed by atoms with Crippen LogP contribution >= 0.6 is 0 Å². The lowest BCUT2D eigenvalue weighted by Gasteiger charge is -2.57. The molecule has 0 heterocycles. The Labute approximate surface area is 264 Å². The van der Waals surface area contributed by atoms with Gasteiger partial charge >= 0.3 is 0 Å². The second kappa shape index (κ2) is 18.7. The van der Waals surface area contributed by atoms with E-state index in [1.54, 1.807) is 0 Å². The van der Waals surface area contributed by atoms with Crippen LogP contribution in [0.3, 0.4) is 0 Å².